The van der Waals surface area contributed by atoms with Crippen LogP contribution in [0.25, 0.3) is 22.2 Å². The molecular formula is C28H32F3N5. The fraction of sp³-hybridized carbons (Fsp3) is 0.429. The number of H-pyrrole nitrogens is 1. The molecule has 0 spiro atoms. The Morgan fingerprint density at radius 1 is 1.06 bits per heavy atom. The smallest absolute Gasteiger partial charge is 0.326 e. The molecule has 5 rings (SSSR count). The van der Waals surface area contributed by atoms with Crippen molar-refractivity contribution in [3.05, 3.63) is 59.4 Å². The number of hydrogen-bond acceptors (Lipinski definition) is 3. The number of hydrogen-bond donors (Lipinski definition) is 2. The third kappa shape index (κ3) is 4.61. The molecule has 1 saturated carbocycles. The van der Waals surface area contributed by atoms with Crippen molar-refractivity contribution in [1.82, 2.24) is 19.7 Å². The van der Waals surface area contributed by atoms with Crippen LogP contribution < -0.4 is 5.32 Å². The van der Waals surface area contributed by atoms with E-state index in [4.69, 9.17) is 4.98 Å². The van der Waals surface area contributed by atoms with Crippen LogP contribution in [0.4, 0.5) is 24.8 Å². The van der Waals surface area contributed by atoms with Crippen LogP contribution in [0.15, 0.2) is 42.5 Å². The summed E-state index contributed by atoms with van der Waals surface area (Å²) in [4.78, 5) is 4.96. The van der Waals surface area contributed by atoms with Gasteiger partial charge < -0.3 is 9.88 Å². The second kappa shape index (κ2) is 8.68. The lowest BCUT2D eigenvalue weighted by Crippen LogP contribution is -2.29. The van der Waals surface area contributed by atoms with E-state index in [1.54, 1.807) is 0 Å². The summed E-state index contributed by atoms with van der Waals surface area (Å²) in [6, 6.07) is 11.6. The first-order valence-electron chi connectivity index (χ1n) is 12.4. The van der Waals surface area contributed by atoms with E-state index in [2.05, 4.69) is 59.1 Å². The van der Waals surface area contributed by atoms with Crippen LogP contribution in [-0.4, -0.2) is 19.7 Å². The number of fused-ring (bicyclic) bond motifs is 1. The molecular weight excluding hydrogens is 463 g/mol. The standard InChI is InChI=1S/C28H32F3N5/c1-16-12-22(15-27(4,5)14-16)36-24-11-6-19(25-17(2)34-35-18(25)3)13-23(24)33-26(36)32-21-9-7-20(8-10-21)28(29,30)31/h6-11,13,16,22H,12,14-15H2,1-5H3,(H,32,33)(H,34,35)/t16-,22+/m0/s1. The molecule has 1 aliphatic rings. The summed E-state index contributed by atoms with van der Waals surface area (Å²) in [5.74, 6) is 1.21. The number of halogens is 3. The van der Waals surface area contributed by atoms with E-state index in [1.807, 2.05) is 13.8 Å². The number of benzene rings is 2. The van der Waals surface area contributed by atoms with Crippen molar-refractivity contribution in [3.8, 4) is 11.1 Å². The number of nitrogens with zero attached hydrogens (tertiary/aromatic N) is 3. The first-order chi connectivity index (χ1) is 16.9. The average Bonchev–Trinajstić information content (AvgIpc) is 3.30. The Morgan fingerprint density at radius 2 is 1.78 bits per heavy atom. The lowest BCUT2D eigenvalue weighted by atomic mass is 9.70. The molecule has 1 fully saturated rings. The molecule has 2 aromatic carbocycles. The first-order valence-corrected chi connectivity index (χ1v) is 12.4. The molecule has 190 valence electrons. The topological polar surface area (TPSA) is 58.5 Å². The van der Waals surface area contributed by atoms with Crippen molar-refractivity contribution in [2.45, 2.75) is 66.1 Å². The first kappa shape index (κ1) is 24.4. The van der Waals surface area contributed by atoms with Crippen molar-refractivity contribution in [2.75, 3.05) is 5.32 Å². The van der Waals surface area contributed by atoms with Gasteiger partial charge in [-0.3, -0.25) is 5.10 Å². The quantitative estimate of drug-likeness (QED) is 0.300. The Morgan fingerprint density at radius 3 is 2.39 bits per heavy atom. The highest BCUT2D eigenvalue weighted by Crippen LogP contribution is 2.46. The van der Waals surface area contributed by atoms with E-state index in [1.165, 1.54) is 18.6 Å². The third-order valence-corrected chi connectivity index (χ3v) is 7.30. The van der Waals surface area contributed by atoms with Crippen LogP contribution in [0.2, 0.25) is 0 Å². The minimum atomic E-state index is -4.37. The summed E-state index contributed by atoms with van der Waals surface area (Å²) in [7, 11) is 0. The summed E-state index contributed by atoms with van der Waals surface area (Å²) >= 11 is 0. The molecule has 0 aliphatic heterocycles. The Hall–Kier alpha value is -3.29. The van der Waals surface area contributed by atoms with E-state index < -0.39 is 11.7 Å². The van der Waals surface area contributed by atoms with Gasteiger partial charge in [0.1, 0.15) is 0 Å². The van der Waals surface area contributed by atoms with Crippen molar-refractivity contribution >= 4 is 22.7 Å². The van der Waals surface area contributed by atoms with Gasteiger partial charge in [-0.2, -0.15) is 18.3 Å². The molecule has 8 heteroatoms. The number of anilines is 2. The van der Waals surface area contributed by atoms with Gasteiger partial charge in [0.05, 0.1) is 22.3 Å². The fourth-order valence-electron chi connectivity index (χ4n) is 6.05. The predicted octanol–water partition coefficient (Wildman–Crippen LogP) is 8.19. The molecule has 2 N–H and O–H groups in total. The van der Waals surface area contributed by atoms with Gasteiger partial charge in [-0.15, -0.1) is 0 Å². The zero-order valence-electron chi connectivity index (χ0n) is 21.3. The van der Waals surface area contributed by atoms with Crippen LogP contribution in [0.3, 0.4) is 0 Å². The Kier molecular flexibility index (Phi) is 5.88. The van der Waals surface area contributed by atoms with Crippen LogP contribution in [-0.2, 0) is 6.18 Å². The van der Waals surface area contributed by atoms with E-state index in [-0.39, 0.29) is 11.5 Å². The van der Waals surface area contributed by atoms with Crippen molar-refractivity contribution in [2.24, 2.45) is 11.3 Å². The molecule has 4 aromatic rings. The molecule has 0 bridgehead atoms. The highest BCUT2D eigenvalue weighted by molar-refractivity contribution is 5.86. The SMILES string of the molecule is Cc1n[nH]c(C)c1-c1ccc2c(c1)nc(Nc1ccc(C(F)(F)F)cc1)n2[C@@H]1C[C@H](C)CC(C)(C)C1. The largest absolute Gasteiger partial charge is 0.416 e. The molecule has 0 radical (unpaired) electrons. The lowest BCUT2D eigenvalue weighted by molar-refractivity contribution is -0.137. The van der Waals surface area contributed by atoms with Crippen LogP contribution in [0.1, 0.15) is 63.0 Å². The van der Waals surface area contributed by atoms with E-state index in [0.717, 1.165) is 58.5 Å². The minimum absolute atomic E-state index is 0.190. The lowest BCUT2D eigenvalue weighted by Gasteiger charge is -2.40. The Balaban J connectivity index is 1.60. The molecule has 0 saturated heterocycles. The number of aromatic amines is 1. The molecule has 36 heavy (non-hydrogen) atoms. The van der Waals surface area contributed by atoms with Gasteiger partial charge in [0, 0.05) is 23.0 Å². The van der Waals surface area contributed by atoms with Crippen molar-refractivity contribution < 1.29 is 13.2 Å². The summed E-state index contributed by atoms with van der Waals surface area (Å²) in [5, 5.41) is 10.7. The number of alkyl halides is 3. The third-order valence-electron chi connectivity index (χ3n) is 7.30. The maximum atomic E-state index is 13.1. The molecule has 1 aliphatic carbocycles. The van der Waals surface area contributed by atoms with Gasteiger partial charge in [0.15, 0.2) is 0 Å². The molecule has 0 unspecified atom stereocenters. The Bertz CT molecular complexity index is 1380. The summed E-state index contributed by atoms with van der Waals surface area (Å²) in [5.41, 5.74) is 5.99. The maximum absolute atomic E-state index is 13.1. The number of nitrogens with one attached hydrogen (secondary N) is 2. The second-order valence-electron chi connectivity index (χ2n) is 11.1. The van der Waals surface area contributed by atoms with Gasteiger partial charge in [-0.25, -0.2) is 4.98 Å². The zero-order chi connectivity index (χ0) is 25.8. The fourth-order valence-corrected chi connectivity index (χ4v) is 6.05. The number of rotatable bonds is 4. The van der Waals surface area contributed by atoms with Gasteiger partial charge in [0.2, 0.25) is 5.95 Å². The Labute approximate surface area is 209 Å². The van der Waals surface area contributed by atoms with Crippen molar-refractivity contribution in [1.29, 1.82) is 0 Å². The normalized spacial score (nSPS) is 20.1. The van der Waals surface area contributed by atoms with E-state index in [0.29, 0.717) is 17.6 Å². The monoisotopic (exact) mass is 495 g/mol. The van der Waals surface area contributed by atoms with Gasteiger partial charge in [-0.05, 0) is 86.4 Å². The van der Waals surface area contributed by atoms with E-state index in [9.17, 15) is 13.2 Å². The summed E-state index contributed by atoms with van der Waals surface area (Å²) < 4.78 is 41.5. The molecule has 2 heterocycles. The zero-order valence-corrected chi connectivity index (χ0v) is 21.3. The summed E-state index contributed by atoms with van der Waals surface area (Å²) in [6.07, 6.45) is -1.17. The summed E-state index contributed by atoms with van der Waals surface area (Å²) in [6.45, 7) is 10.9. The van der Waals surface area contributed by atoms with Gasteiger partial charge >= 0.3 is 6.18 Å². The molecule has 0 amide bonds. The van der Waals surface area contributed by atoms with Crippen LogP contribution in [0.5, 0.6) is 0 Å². The average molecular weight is 496 g/mol. The molecule has 5 nitrogen and oxygen atoms in total. The predicted molar refractivity (Wildman–Crippen MR) is 137 cm³/mol. The van der Waals surface area contributed by atoms with Gasteiger partial charge in [-0.1, -0.05) is 26.8 Å². The highest BCUT2D eigenvalue weighted by atomic mass is 19.4. The highest BCUT2D eigenvalue weighted by Gasteiger charge is 2.35. The molecule has 2 atom stereocenters. The van der Waals surface area contributed by atoms with Crippen molar-refractivity contribution in [3.63, 3.8) is 0 Å². The minimum Gasteiger partial charge on any atom is -0.326 e. The number of aromatic nitrogens is 4. The van der Waals surface area contributed by atoms with Gasteiger partial charge in [0.25, 0.3) is 0 Å². The van der Waals surface area contributed by atoms with Crippen LogP contribution in [0, 0.1) is 25.2 Å². The molecule has 2 aromatic heterocycles. The number of aryl methyl sites for hydroxylation is 2. The second-order valence-corrected chi connectivity index (χ2v) is 11.1. The van der Waals surface area contributed by atoms with E-state index >= 15 is 0 Å². The maximum Gasteiger partial charge on any atom is 0.416 e. The number of imidazole rings is 1. The van der Waals surface area contributed by atoms with Crippen LogP contribution >= 0.6 is 0 Å².